The van der Waals surface area contributed by atoms with Gasteiger partial charge in [-0.05, 0) is 29.0 Å². The van der Waals surface area contributed by atoms with E-state index in [-0.39, 0.29) is 0 Å². The lowest BCUT2D eigenvalue weighted by Crippen LogP contribution is -2.24. The van der Waals surface area contributed by atoms with E-state index in [0.717, 1.165) is 22.1 Å². The maximum Gasteiger partial charge on any atom is 0.261 e. The summed E-state index contributed by atoms with van der Waals surface area (Å²) in [5.74, 6) is -0.111. The van der Waals surface area contributed by atoms with Gasteiger partial charge >= 0.3 is 0 Å². The zero-order valence-corrected chi connectivity index (χ0v) is 16.5. The molecule has 0 aliphatic rings. The minimum atomic E-state index is -0.906. The van der Waals surface area contributed by atoms with Crippen LogP contribution in [0, 0.1) is 17.2 Å². The normalized spacial score (nSPS) is 12.1. The number of nitrogens with one attached hydrogen (secondary N) is 1. The van der Waals surface area contributed by atoms with E-state index in [0.29, 0.717) is 18.1 Å². The van der Waals surface area contributed by atoms with Gasteiger partial charge in [-0.1, -0.05) is 68.4 Å². The molecule has 0 aliphatic heterocycles. The predicted molar refractivity (Wildman–Crippen MR) is 115 cm³/mol. The maximum absolute atomic E-state index is 12.4. The van der Waals surface area contributed by atoms with Crippen LogP contribution in [0.4, 0.5) is 0 Å². The number of hydrazone groups is 1. The van der Waals surface area contributed by atoms with Crippen LogP contribution in [-0.4, -0.2) is 18.7 Å². The summed E-state index contributed by atoms with van der Waals surface area (Å²) < 4.78 is 5.92. The van der Waals surface area contributed by atoms with Gasteiger partial charge in [0.15, 0.2) is 5.92 Å². The number of ether oxygens (including phenoxy) is 1. The van der Waals surface area contributed by atoms with Crippen molar-refractivity contribution in [2.75, 3.05) is 6.61 Å². The smallest absolute Gasteiger partial charge is 0.261 e. The van der Waals surface area contributed by atoms with Gasteiger partial charge in [-0.15, -0.1) is 0 Å². The van der Waals surface area contributed by atoms with Gasteiger partial charge in [-0.3, -0.25) is 4.79 Å². The van der Waals surface area contributed by atoms with Gasteiger partial charge in [0.2, 0.25) is 0 Å². The molecular weight excluding hydrogens is 362 g/mol. The van der Waals surface area contributed by atoms with Gasteiger partial charge in [0, 0.05) is 10.9 Å². The van der Waals surface area contributed by atoms with Gasteiger partial charge < -0.3 is 4.74 Å². The van der Waals surface area contributed by atoms with Crippen LogP contribution >= 0.6 is 0 Å². The van der Waals surface area contributed by atoms with E-state index in [2.05, 4.69) is 24.4 Å². The molecule has 0 heterocycles. The van der Waals surface area contributed by atoms with Crippen molar-refractivity contribution in [1.29, 1.82) is 5.26 Å². The molecule has 3 aromatic rings. The van der Waals surface area contributed by atoms with Gasteiger partial charge in [0.1, 0.15) is 5.75 Å². The number of fused-ring (bicyclic) bond motifs is 1. The Morgan fingerprint density at radius 2 is 1.76 bits per heavy atom. The Balaban J connectivity index is 1.78. The highest BCUT2D eigenvalue weighted by Gasteiger charge is 2.19. The first-order valence-electron chi connectivity index (χ1n) is 9.52. The van der Waals surface area contributed by atoms with Gasteiger partial charge in [-0.2, -0.15) is 10.4 Å². The topological polar surface area (TPSA) is 74.5 Å². The van der Waals surface area contributed by atoms with E-state index in [1.165, 1.54) is 0 Å². The highest BCUT2D eigenvalue weighted by molar-refractivity contribution is 6.02. The second kappa shape index (κ2) is 9.52. The molecular formula is C24H23N3O2. The molecule has 5 heteroatoms. The molecule has 0 saturated heterocycles. The third-order valence-corrected chi connectivity index (χ3v) is 4.39. The molecule has 0 spiro atoms. The molecule has 3 rings (SSSR count). The van der Waals surface area contributed by atoms with Crippen molar-refractivity contribution in [3.63, 3.8) is 0 Å². The summed E-state index contributed by atoms with van der Waals surface area (Å²) in [6, 6.07) is 22.7. The molecule has 3 aromatic carbocycles. The van der Waals surface area contributed by atoms with Crippen molar-refractivity contribution in [2.45, 2.75) is 19.8 Å². The first kappa shape index (κ1) is 20.1. The lowest BCUT2D eigenvalue weighted by atomic mass is 10.0. The first-order valence-corrected chi connectivity index (χ1v) is 9.52. The van der Waals surface area contributed by atoms with Crippen molar-refractivity contribution in [1.82, 2.24) is 5.43 Å². The number of carbonyl (C=O) groups is 1. The third kappa shape index (κ3) is 4.99. The van der Waals surface area contributed by atoms with Crippen LogP contribution in [0.25, 0.3) is 10.8 Å². The van der Waals surface area contributed by atoms with E-state index in [4.69, 9.17) is 4.74 Å². The first-order chi connectivity index (χ1) is 14.1. The van der Waals surface area contributed by atoms with Crippen molar-refractivity contribution < 1.29 is 9.53 Å². The van der Waals surface area contributed by atoms with Crippen molar-refractivity contribution in [2.24, 2.45) is 11.0 Å². The zero-order chi connectivity index (χ0) is 20.6. The molecule has 1 N–H and O–H groups in total. The SMILES string of the molecule is CC(C)COc1ccc(/C=N\NC(=O)[C@@H](C#N)c2ccccc2)c2ccccc12. The lowest BCUT2D eigenvalue weighted by Gasteiger charge is -2.12. The van der Waals surface area contributed by atoms with Crippen molar-refractivity contribution in [3.05, 3.63) is 77.9 Å². The van der Waals surface area contributed by atoms with E-state index < -0.39 is 11.8 Å². The number of nitrogens with zero attached hydrogens (tertiary/aromatic N) is 2. The average molecular weight is 385 g/mol. The molecule has 0 radical (unpaired) electrons. The Labute approximate surface area is 170 Å². The molecule has 1 amide bonds. The van der Waals surface area contributed by atoms with Crippen LogP contribution in [0.15, 0.2) is 71.8 Å². The number of rotatable bonds is 7. The molecule has 0 aromatic heterocycles. The standard InChI is InChI=1S/C24H23N3O2/c1-17(2)16-29-23-13-12-19(20-10-6-7-11-21(20)23)15-26-27-24(28)22(14-25)18-8-4-3-5-9-18/h3-13,15,17,22H,16H2,1-2H3,(H,27,28)/b26-15-/t22-/m0/s1. The summed E-state index contributed by atoms with van der Waals surface area (Å²) in [4.78, 5) is 12.4. The molecule has 146 valence electrons. The average Bonchev–Trinajstić information content (AvgIpc) is 2.74. The Kier molecular flexibility index (Phi) is 6.59. The summed E-state index contributed by atoms with van der Waals surface area (Å²) in [6.07, 6.45) is 1.59. The Bertz CT molecular complexity index is 1050. The molecule has 29 heavy (non-hydrogen) atoms. The van der Waals surface area contributed by atoms with Crippen molar-refractivity contribution >= 4 is 22.9 Å². The predicted octanol–water partition coefficient (Wildman–Crippen LogP) is 4.63. The number of benzene rings is 3. The van der Waals surface area contributed by atoms with Crippen LogP contribution in [0.2, 0.25) is 0 Å². The summed E-state index contributed by atoms with van der Waals surface area (Å²) in [7, 11) is 0. The largest absolute Gasteiger partial charge is 0.493 e. The van der Waals surface area contributed by atoms with Crippen LogP contribution in [0.3, 0.4) is 0 Å². The summed E-state index contributed by atoms with van der Waals surface area (Å²) in [5, 5.41) is 15.4. The number of amides is 1. The van der Waals surface area contributed by atoms with Crippen LogP contribution < -0.4 is 10.2 Å². The quantitative estimate of drug-likeness (QED) is 0.476. The summed E-state index contributed by atoms with van der Waals surface area (Å²) in [5.41, 5.74) is 3.97. The van der Waals surface area contributed by atoms with Gasteiger partial charge in [-0.25, -0.2) is 5.43 Å². The second-order valence-electron chi connectivity index (χ2n) is 7.11. The van der Waals surface area contributed by atoms with Gasteiger partial charge in [0.05, 0.1) is 18.9 Å². The zero-order valence-electron chi connectivity index (χ0n) is 16.5. The van der Waals surface area contributed by atoms with Gasteiger partial charge in [0.25, 0.3) is 5.91 Å². The van der Waals surface area contributed by atoms with Crippen LogP contribution in [0.5, 0.6) is 5.75 Å². The molecule has 0 aliphatic carbocycles. The van der Waals surface area contributed by atoms with E-state index >= 15 is 0 Å². The number of nitriles is 1. The molecule has 1 atom stereocenters. The summed E-state index contributed by atoms with van der Waals surface area (Å²) in [6.45, 7) is 4.86. The lowest BCUT2D eigenvalue weighted by molar-refractivity contribution is -0.121. The highest BCUT2D eigenvalue weighted by atomic mass is 16.5. The fraction of sp³-hybridized carbons (Fsp3) is 0.208. The third-order valence-electron chi connectivity index (χ3n) is 4.39. The van der Waals surface area contributed by atoms with Crippen molar-refractivity contribution in [3.8, 4) is 11.8 Å². The molecule has 0 unspecified atom stereocenters. The number of carbonyl (C=O) groups excluding carboxylic acids is 1. The highest BCUT2D eigenvalue weighted by Crippen LogP contribution is 2.28. The Morgan fingerprint density at radius 1 is 1.07 bits per heavy atom. The Morgan fingerprint density at radius 3 is 2.45 bits per heavy atom. The number of hydrogen-bond acceptors (Lipinski definition) is 4. The maximum atomic E-state index is 12.4. The fourth-order valence-corrected chi connectivity index (χ4v) is 2.95. The summed E-state index contributed by atoms with van der Waals surface area (Å²) >= 11 is 0. The van der Waals surface area contributed by atoms with E-state index in [1.54, 1.807) is 30.5 Å². The minimum Gasteiger partial charge on any atom is -0.493 e. The van der Waals surface area contributed by atoms with E-state index in [9.17, 15) is 10.1 Å². The molecule has 0 bridgehead atoms. The number of hydrogen-bond donors (Lipinski definition) is 1. The molecule has 0 fully saturated rings. The Hall–Kier alpha value is -3.65. The molecule has 0 saturated carbocycles. The van der Waals surface area contributed by atoms with Crippen LogP contribution in [0.1, 0.15) is 30.9 Å². The second-order valence-corrected chi connectivity index (χ2v) is 7.11. The van der Waals surface area contributed by atoms with E-state index in [1.807, 2.05) is 48.5 Å². The monoisotopic (exact) mass is 385 g/mol. The van der Waals surface area contributed by atoms with Crippen LogP contribution in [-0.2, 0) is 4.79 Å². The minimum absolute atomic E-state index is 0.433. The molecule has 5 nitrogen and oxygen atoms in total. The fourth-order valence-electron chi connectivity index (χ4n) is 2.95.